The highest BCUT2D eigenvalue weighted by Crippen LogP contribution is 2.54. The Labute approximate surface area is 418 Å². The fraction of sp³-hybridized carbons (Fsp3) is 0.371. The molecule has 0 spiro atoms. The minimum Gasteiger partial charge on any atom is -0.493 e. The number of ether oxygens (including phenoxy) is 6. The van der Waals surface area contributed by atoms with Gasteiger partial charge in [0.15, 0.2) is 0 Å². The van der Waals surface area contributed by atoms with Crippen LogP contribution >= 0.6 is 0 Å². The molecule has 1 aliphatic rings. The zero-order valence-electron chi connectivity index (χ0n) is 42.7. The van der Waals surface area contributed by atoms with Gasteiger partial charge in [-0.3, -0.25) is 0 Å². The molecular formula is C62H75NO7. The Morgan fingerprint density at radius 2 is 1.04 bits per heavy atom. The Morgan fingerprint density at radius 1 is 0.543 bits per heavy atom. The van der Waals surface area contributed by atoms with Gasteiger partial charge in [-0.15, -0.1) is 0 Å². The van der Waals surface area contributed by atoms with Crippen LogP contribution in [0.1, 0.15) is 122 Å². The lowest BCUT2D eigenvalue weighted by molar-refractivity contribution is 0.0526. The monoisotopic (exact) mass is 946 g/mol. The van der Waals surface area contributed by atoms with E-state index in [2.05, 4.69) is 158 Å². The highest BCUT2D eigenvalue weighted by molar-refractivity contribution is 5.84. The summed E-state index contributed by atoms with van der Waals surface area (Å²) >= 11 is 0. The minimum atomic E-state index is -0.526. The quantitative estimate of drug-likeness (QED) is 0.0415. The summed E-state index contributed by atoms with van der Waals surface area (Å²) in [5.74, 6) is 0.811. The number of carbonyl (C=O) groups excluding carboxylic acids is 1. The molecular weight excluding hydrogens is 871 g/mol. The number of hydrogen-bond donors (Lipinski definition) is 1. The molecule has 6 rings (SSSR count). The predicted octanol–water partition coefficient (Wildman–Crippen LogP) is 14.4. The number of fused-ring (bicyclic) bond motifs is 3. The number of aryl methyl sites for hydroxylation is 1. The summed E-state index contributed by atoms with van der Waals surface area (Å²) in [6.45, 7) is 14.7. The molecule has 8 nitrogen and oxygen atoms in total. The number of benzene rings is 5. The molecule has 5 aromatic carbocycles. The van der Waals surface area contributed by atoms with E-state index in [0.717, 1.165) is 72.1 Å². The lowest BCUT2D eigenvalue weighted by atomic mass is 9.71. The van der Waals surface area contributed by atoms with E-state index in [1.54, 1.807) is 14.2 Å². The number of rotatable bonds is 27. The average molecular weight is 946 g/mol. The molecule has 1 aliphatic carbocycles. The second-order valence-electron chi connectivity index (χ2n) is 19.0. The van der Waals surface area contributed by atoms with Gasteiger partial charge in [0.2, 0.25) is 0 Å². The Bertz CT molecular complexity index is 2510. The van der Waals surface area contributed by atoms with Crippen LogP contribution in [0.5, 0.6) is 5.75 Å². The van der Waals surface area contributed by atoms with Gasteiger partial charge in [0, 0.05) is 45.0 Å². The summed E-state index contributed by atoms with van der Waals surface area (Å²) in [6.07, 6.45) is 22.1. The summed E-state index contributed by atoms with van der Waals surface area (Å²) < 4.78 is 34.2. The van der Waals surface area contributed by atoms with E-state index in [0.29, 0.717) is 52.8 Å². The van der Waals surface area contributed by atoms with Crippen molar-refractivity contribution in [3.8, 4) is 16.9 Å². The number of methoxy groups -OCH3 is 2. The highest BCUT2D eigenvalue weighted by Gasteiger charge is 2.42. The minimum absolute atomic E-state index is 0.144. The van der Waals surface area contributed by atoms with Gasteiger partial charge >= 0.3 is 6.09 Å². The molecule has 0 saturated heterocycles. The second kappa shape index (κ2) is 27.4. The van der Waals surface area contributed by atoms with Gasteiger partial charge in [-0.1, -0.05) is 151 Å². The van der Waals surface area contributed by atoms with Crippen molar-refractivity contribution in [2.24, 2.45) is 0 Å². The van der Waals surface area contributed by atoms with Crippen LogP contribution in [0.4, 0.5) is 4.79 Å². The Morgan fingerprint density at radius 3 is 1.61 bits per heavy atom. The van der Waals surface area contributed by atoms with E-state index >= 15 is 0 Å². The number of allylic oxidation sites excluding steroid dienone is 1. The first-order chi connectivity index (χ1) is 34.0. The standard InChI is InChI=1S/C62H75NO7/c1-8-13-48-15-17-51(18-16-48)27-30-54-31-28-53(46-59(54)69-39-10-9-36-63-60(64)70-61(3,4)5)26-24-50-21-19-49(20-22-50)23-25-52-29-33-56-55-32-14-47(2)44-57(55)62(58(56)45-52,34-11-37-67-42-40-65-6)35-12-38-68-43-41-66-7/h8,13-33,44-46H,9-12,34-43H2,1-7H3,(H,63,64)/b13-8+,25-23+,26-24+,30-27+. The second-order valence-corrected chi connectivity index (χ2v) is 19.0. The summed E-state index contributed by atoms with van der Waals surface area (Å²) in [4.78, 5) is 12.1. The molecule has 5 aromatic rings. The molecule has 0 unspecified atom stereocenters. The smallest absolute Gasteiger partial charge is 0.407 e. The predicted molar refractivity (Wildman–Crippen MR) is 291 cm³/mol. The van der Waals surface area contributed by atoms with E-state index in [1.165, 1.54) is 38.9 Å². The van der Waals surface area contributed by atoms with Crippen LogP contribution in [0.3, 0.4) is 0 Å². The maximum absolute atomic E-state index is 12.1. The third-order valence-electron chi connectivity index (χ3n) is 12.3. The molecule has 0 saturated carbocycles. The molecule has 0 aliphatic heterocycles. The van der Waals surface area contributed by atoms with Gasteiger partial charge in [-0.25, -0.2) is 4.79 Å². The Kier molecular flexibility index (Phi) is 20.9. The van der Waals surface area contributed by atoms with Gasteiger partial charge in [0.05, 0.1) is 33.0 Å². The maximum atomic E-state index is 12.1. The molecule has 0 bridgehead atoms. The van der Waals surface area contributed by atoms with Gasteiger partial charge in [0.1, 0.15) is 11.4 Å². The van der Waals surface area contributed by atoms with Crippen molar-refractivity contribution >= 4 is 48.6 Å². The summed E-state index contributed by atoms with van der Waals surface area (Å²) in [6, 6.07) is 37.4. The molecule has 1 N–H and O–H groups in total. The largest absolute Gasteiger partial charge is 0.493 e. The highest BCUT2D eigenvalue weighted by atomic mass is 16.6. The lowest BCUT2D eigenvalue weighted by Gasteiger charge is -2.33. The van der Waals surface area contributed by atoms with E-state index in [4.69, 9.17) is 28.4 Å². The number of nitrogens with one attached hydrogen (secondary N) is 1. The van der Waals surface area contributed by atoms with Gasteiger partial charge < -0.3 is 33.7 Å². The number of amides is 1. The molecule has 370 valence electrons. The Balaban J connectivity index is 1.15. The lowest BCUT2D eigenvalue weighted by Crippen LogP contribution is -2.33. The first-order valence-corrected chi connectivity index (χ1v) is 25.0. The zero-order valence-corrected chi connectivity index (χ0v) is 42.7. The van der Waals surface area contributed by atoms with Crippen LogP contribution in [0.25, 0.3) is 53.7 Å². The fourth-order valence-electron chi connectivity index (χ4n) is 8.87. The average Bonchev–Trinajstić information content (AvgIpc) is 3.60. The third-order valence-corrected chi connectivity index (χ3v) is 12.3. The molecule has 0 atom stereocenters. The number of hydrogen-bond acceptors (Lipinski definition) is 7. The third kappa shape index (κ3) is 16.3. The zero-order chi connectivity index (χ0) is 49.6. The van der Waals surface area contributed by atoms with Crippen molar-refractivity contribution in [1.82, 2.24) is 5.32 Å². The molecule has 0 heterocycles. The van der Waals surface area contributed by atoms with Gasteiger partial charge in [-0.2, -0.15) is 0 Å². The topological polar surface area (TPSA) is 84.5 Å². The van der Waals surface area contributed by atoms with Crippen molar-refractivity contribution < 1.29 is 33.2 Å². The van der Waals surface area contributed by atoms with Crippen LogP contribution in [0, 0.1) is 6.92 Å². The van der Waals surface area contributed by atoms with E-state index in [-0.39, 0.29) is 5.41 Å². The molecule has 70 heavy (non-hydrogen) atoms. The molecule has 0 fully saturated rings. The molecule has 0 aromatic heterocycles. The number of carbonyl (C=O) groups is 1. The van der Waals surface area contributed by atoms with Crippen molar-refractivity contribution in [2.75, 3.05) is 67.0 Å². The maximum Gasteiger partial charge on any atom is 0.407 e. The summed E-state index contributed by atoms with van der Waals surface area (Å²) in [7, 11) is 3.42. The molecule has 1 amide bonds. The van der Waals surface area contributed by atoms with E-state index < -0.39 is 11.7 Å². The first-order valence-electron chi connectivity index (χ1n) is 25.0. The fourth-order valence-corrected chi connectivity index (χ4v) is 8.87. The first kappa shape index (κ1) is 53.3. The normalized spacial score (nSPS) is 13.2. The SMILES string of the molecule is C/C=C/c1ccc(/C=C/c2ccc(/C=C/c3ccc(/C=C/c4ccc5c(c4)C(CCCOCCOC)(CCCOCCOC)c4cc(C)ccc4-5)cc3)cc2OCCCCNC(=O)OC(C)(C)C)cc1. The van der Waals surface area contributed by atoms with Crippen LogP contribution in [0.15, 0.2) is 109 Å². The van der Waals surface area contributed by atoms with Crippen molar-refractivity contribution in [1.29, 1.82) is 0 Å². The van der Waals surface area contributed by atoms with Crippen LogP contribution in [-0.2, 0) is 29.1 Å². The van der Waals surface area contributed by atoms with Crippen LogP contribution < -0.4 is 10.1 Å². The van der Waals surface area contributed by atoms with Crippen molar-refractivity contribution in [2.45, 2.75) is 84.2 Å². The molecule has 8 heteroatoms. The number of alkyl carbamates (subject to hydrolysis) is 1. The van der Waals surface area contributed by atoms with Crippen LogP contribution in [-0.4, -0.2) is 78.7 Å². The van der Waals surface area contributed by atoms with Crippen molar-refractivity contribution in [3.05, 3.63) is 165 Å². The summed E-state index contributed by atoms with van der Waals surface area (Å²) in [5.41, 5.74) is 13.8. The summed E-state index contributed by atoms with van der Waals surface area (Å²) in [5, 5.41) is 2.84. The molecule has 0 radical (unpaired) electrons. The van der Waals surface area contributed by atoms with Crippen LogP contribution in [0.2, 0.25) is 0 Å². The number of unbranched alkanes of at least 4 members (excludes halogenated alkanes) is 1. The van der Waals surface area contributed by atoms with Crippen molar-refractivity contribution in [3.63, 3.8) is 0 Å². The van der Waals surface area contributed by atoms with Gasteiger partial charge in [-0.05, 0) is 135 Å². The van der Waals surface area contributed by atoms with Gasteiger partial charge in [0.25, 0.3) is 0 Å². The van der Waals surface area contributed by atoms with E-state index in [1.807, 2.05) is 33.8 Å². The Hall–Kier alpha value is -6.03. The van der Waals surface area contributed by atoms with E-state index in [9.17, 15) is 4.79 Å².